The van der Waals surface area contributed by atoms with Crippen LogP contribution in [0.2, 0.25) is 0 Å². The molecule has 0 radical (unpaired) electrons. The molecular formula is C14H18N2O. The average Bonchev–Trinajstić information content (AvgIpc) is 2.79. The van der Waals surface area contributed by atoms with Crippen LogP contribution in [0.1, 0.15) is 36.5 Å². The van der Waals surface area contributed by atoms with Gasteiger partial charge < -0.3 is 5.11 Å². The molecule has 1 aromatic heterocycles. The van der Waals surface area contributed by atoms with E-state index in [1.165, 1.54) is 11.1 Å². The zero-order valence-corrected chi connectivity index (χ0v) is 10.3. The van der Waals surface area contributed by atoms with Crippen LogP contribution in [0.15, 0.2) is 36.7 Å². The number of hydrogen-bond donors (Lipinski definition) is 1. The molecule has 1 aromatic carbocycles. The predicted octanol–water partition coefficient (Wildman–Crippen LogP) is 2.55. The van der Waals surface area contributed by atoms with Crippen LogP contribution in [-0.2, 0) is 13.2 Å². The molecule has 0 spiro atoms. The van der Waals surface area contributed by atoms with Crippen LogP contribution in [0, 0.1) is 0 Å². The monoisotopic (exact) mass is 230 g/mol. The first kappa shape index (κ1) is 11.9. The second kappa shape index (κ2) is 5.15. The van der Waals surface area contributed by atoms with Gasteiger partial charge in [0, 0.05) is 6.20 Å². The largest absolute Gasteiger partial charge is 0.392 e. The number of nitrogens with zero attached hydrogens (tertiary/aromatic N) is 2. The minimum atomic E-state index is 0.0968. The molecule has 0 aliphatic rings. The zero-order valence-electron chi connectivity index (χ0n) is 10.3. The van der Waals surface area contributed by atoms with E-state index in [-0.39, 0.29) is 6.61 Å². The summed E-state index contributed by atoms with van der Waals surface area (Å²) < 4.78 is 1.95. The van der Waals surface area contributed by atoms with Crippen LogP contribution >= 0.6 is 0 Å². The fraction of sp³-hybridized carbons (Fsp3) is 0.357. The summed E-state index contributed by atoms with van der Waals surface area (Å²) >= 11 is 0. The van der Waals surface area contributed by atoms with Crippen molar-refractivity contribution in [2.24, 2.45) is 0 Å². The molecule has 17 heavy (non-hydrogen) atoms. The van der Waals surface area contributed by atoms with Gasteiger partial charge in [0.25, 0.3) is 0 Å². The van der Waals surface area contributed by atoms with Gasteiger partial charge in [-0.3, -0.25) is 4.68 Å². The van der Waals surface area contributed by atoms with Crippen molar-refractivity contribution >= 4 is 0 Å². The molecular weight excluding hydrogens is 212 g/mol. The van der Waals surface area contributed by atoms with Crippen molar-refractivity contribution in [3.63, 3.8) is 0 Å². The van der Waals surface area contributed by atoms with Crippen molar-refractivity contribution < 1.29 is 5.11 Å². The summed E-state index contributed by atoms with van der Waals surface area (Å²) in [6, 6.07) is 7.95. The zero-order chi connectivity index (χ0) is 12.3. The van der Waals surface area contributed by atoms with Crippen molar-refractivity contribution in [1.29, 1.82) is 0 Å². The highest BCUT2D eigenvalue weighted by molar-refractivity contribution is 5.22. The third kappa shape index (κ3) is 2.94. The number of aliphatic hydroxyl groups excluding tert-OH is 1. The number of aliphatic hydroxyl groups is 1. The average molecular weight is 230 g/mol. The highest BCUT2D eigenvalue weighted by Crippen LogP contribution is 2.13. The van der Waals surface area contributed by atoms with E-state index in [2.05, 4.69) is 25.1 Å². The Hall–Kier alpha value is -1.61. The SMILES string of the molecule is CC(C)c1cnn(Cc2ccc(CO)cc2)c1. The van der Waals surface area contributed by atoms with Crippen molar-refractivity contribution in [2.75, 3.05) is 0 Å². The van der Waals surface area contributed by atoms with Gasteiger partial charge in [-0.2, -0.15) is 5.10 Å². The first-order chi connectivity index (χ1) is 8.19. The second-order valence-electron chi connectivity index (χ2n) is 4.60. The smallest absolute Gasteiger partial charge is 0.0681 e. The summed E-state index contributed by atoms with van der Waals surface area (Å²) in [7, 11) is 0. The Balaban J connectivity index is 2.08. The van der Waals surface area contributed by atoms with Crippen molar-refractivity contribution in [1.82, 2.24) is 9.78 Å². The second-order valence-corrected chi connectivity index (χ2v) is 4.60. The van der Waals surface area contributed by atoms with Crippen LogP contribution in [0.4, 0.5) is 0 Å². The third-order valence-electron chi connectivity index (χ3n) is 2.87. The molecule has 0 amide bonds. The molecule has 90 valence electrons. The molecule has 0 fully saturated rings. The Kier molecular flexibility index (Phi) is 3.59. The van der Waals surface area contributed by atoms with E-state index in [1.54, 1.807) is 0 Å². The predicted molar refractivity (Wildman–Crippen MR) is 67.8 cm³/mol. The molecule has 3 heteroatoms. The first-order valence-electron chi connectivity index (χ1n) is 5.90. The van der Waals surface area contributed by atoms with E-state index in [9.17, 15) is 0 Å². The highest BCUT2D eigenvalue weighted by Gasteiger charge is 2.03. The van der Waals surface area contributed by atoms with Crippen LogP contribution in [0.5, 0.6) is 0 Å². The third-order valence-corrected chi connectivity index (χ3v) is 2.87. The van der Waals surface area contributed by atoms with Crippen LogP contribution in [-0.4, -0.2) is 14.9 Å². The van der Waals surface area contributed by atoms with Gasteiger partial charge in [-0.1, -0.05) is 38.1 Å². The van der Waals surface area contributed by atoms with E-state index in [4.69, 9.17) is 5.11 Å². The summed E-state index contributed by atoms with van der Waals surface area (Å²) in [6.45, 7) is 5.20. The van der Waals surface area contributed by atoms with E-state index in [0.717, 1.165) is 12.1 Å². The molecule has 1 heterocycles. The topological polar surface area (TPSA) is 38.0 Å². The van der Waals surface area contributed by atoms with Gasteiger partial charge in [-0.15, -0.1) is 0 Å². The molecule has 1 N–H and O–H groups in total. The standard InChI is InChI=1S/C14H18N2O/c1-11(2)14-7-15-16(9-14)8-12-3-5-13(10-17)6-4-12/h3-7,9,11,17H,8,10H2,1-2H3. The molecule has 2 rings (SSSR count). The molecule has 0 aliphatic carbocycles. The van der Waals surface area contributed by atoms with Crippen LogP contribution in [0.3, 0.4) is 0 Å². The van der Waals surface area contributed by atoms with Gasteiger partial charge in [-0.05, 0) is 22.6 Å². The molecule has 0 saturated heterocycles. The van der Waals surface area contributed by atoms with Crippen molar-refractivity contribution in [3.05, 3.63) is 53.3 Å². The molecule has 2 aromatic rings. The Bertz CT molecular complexity index is 471. The van der Waals surface area contributed by atoms with Gasteiger partial charge >= 0.3 is 0 Å². The lowest BCUT2D eigenvalue weighted by molar-refractivity contribution is 0.282. The summed E-state index contributed by atoms with van der Waals surface area (Å²) in [4.78, 5) is 0. The quantitative estimate of drug-likeness (QED) is 0.876. The molecule has 0 bridgehead atoms. The minimum absolute atomic E-state index is 0.0968. The van der Waals surface area contributed by atoms with Gasteiger partial charge in [0.05, 0.1) is 19.3 Å². The lowest BCUT2D eigenvalue weighted by atomic mass is 10.1. The van der Waals surface area contributed by atoms with Gasteiger partial charge in [0.1, 0.15) is 0 Å². The molecule has 0 saturated carbocycles. The van der Waals surface area contributed by atoms with E-state index < -0.39 is 0 Å². The Labute approximate surface area is 102 Å². The summed E-state index contributed by atoms with van der Waals surface area (Å²) in [5.74, 6) is 0.514. The Morgan fingerprint density at radius 2 is 1.82 bits per heavy atom. The van der Waals surface area contributed by atoms with Crippen LogP contribution < -0.4 is 0 Å². The lowest BCUT2D eigenvalue weighted by Crippen LogP contribution is -2.00. The molecule has 3 nitrogen and oxygen atoms in total. The van der Waals surface area contributed by atoms with Crippen molar-refractivity contribution in [3.8, 4) is 0 Å². The molecule has 0 aliphatic heterocycles. The molecule has 0 unspecified atom stereocenters. The first-order valence-corrected chi connectivity index (χ1v) is 5.90. The number of rotatable bonds is 4. The Morgan fingerprint density at radius 1 is 1.18 bits per heavy atom. The lowest BCUT2D eigenvalue weighted by Gasteiger charge is -2.03. The maximum atomic E-state index is 8.97. The van der Waals surface area contributed by atoms with E-state index >= 15 is 0 Å². The summed E-state index contributed by atoms with van der Waals surface area (Å²) in [5.41, 5.74) is 3.40. The minimum Gasteiger partial charge on any atom is -0.392 e. The number of hydrogen-bond acceptors (Lipinski definition) is 2. The van der Waals surface area contributed by atoms with Gasteiger partial charge in [0.2, 0.25) is 0 Å². The van der Waals surface area contributed by atoms with Crippen molar-refractivity contribution in [2.45, 2.75) is 32.9 Å². The molecule has 0 atom stereocenters. The fourth-order valence-corrected chi connectivity index (χ4v) is 1.70. The summed E-state index contributed by atoms with van der Waals surface area (Å²) in [6.07, 6.45) is 4.01. The fourth-order valence-electron chi connectivity index (χ4n) is 1.70. The number of aromatic nitrogens is 2. The normalized spacial score (nSPS) is 11.1. The van der Waals surface area contributed by atoms with Gasteiger partial charge in [0.15, 0.2) is 0 Å². The maximum absolute atomic E-state index is 8.97. The van der Waals surface area contributed by atoms with E-state index in [1.807, 2.05) is 35.1 Å². The van der Waals surface area contributed by atoms with Gasteiger partial charge in [-0.25, -0.2) is 0 Å². The maximum Gasteiger partial charge on any atom is 0.0681 e. The van der Waals surface area contributed by atoms with Crippen LogP contribution in [0.25, 0.3) is 0 Å². The van der Waals surface area contributed by atoms with E-state index in [0.29, 0.717) is 5.92 Å². The highest BCUT2D eigenvalue weighted by atomic mass is 16.3. The number of benzene rings is 1. The Morgan fingerprint density at radius 3 is 2.35 bits per heavy atom. The summed E-state index contributed by atoms with van der Waals surface area (Å²) in [5, 5.41) is 13.3.